The van der Waals surface area contributed by atoms with Crippen molar-refractivity contribution in [2.45, 2.75) is 25.7 Å². The van der Waals surface area contributed by atoms with Crippen LogP contribution in [-0.4, -0.2) is 28.3 Å². The number of ether oxygens (including phenoxy) is 1. The zero-order valence-corrected chi connectivity index (χ0v) is 15.8. The van der Waals surface area contributed by atoms with E-state index in [9.17, 15) is 22.8 Å². The van der Waals surface area contributed by atoms with Gasteiger partial charge in [0, 0.05) is 12.6 Å². The molecule has 3 aromatic rings. The lowest BCUT2D eigenvalue weighted by Crippen LogP contribution is -2.39. The van der Waals surface area contributed by atoms with Gasteiger partial charge in [0.15, 0.2) is 11.9 Å². The van der Waals surface area contributed by atoms with Gasteiger partial charge in [-0.15, -0.1) is 0 Å². The van der Waals surface area contributed by atoms with Gasteiger partial charge in [-0.2, -0.15) is 18.3 Å². The first-order valence-corrected chi connectivity index (χ1v) is 8.98. The van der Waals surface area contributed by atoms with E-state index in [2.05, 4.69) is 10.4 Å². The molecule has 1 atom stereocenters. The molecule has 0 radical (unpaired) electrons. The van der Waals surface area contributed by atoms with Crippen molar-refractivity contribution in [3.05, 3.63) is 70.7 Å². The minimum atomic E-state index is -4.50. The Balaban J connectivity index is 1.56. The lowest BCUT2D eigenvalue weighted by atomic mass is 10.2. The molecule has 2 heterocycles. The highest BCUT2D eigenvalue weighted by molar-refractivity contribution is 5.80. The Morgan fingerprint density at radius 3 is 2.73 bits per heavy atom. The molecule has 2 aromatic heterocycles. The highest BCUT2D eigenvalue weighted by Crippen LogP contribution is 2.31. The summed E-state index contributed by atoms with van der Waals surface area (Å²) in [5, 5.41) is 6.75. The molecule has 0 spiro atoms. The molecule has 1 aromatic carbocycles. The van der Waals surface area contributed by atoms with Gasteiger partial charge in [-0.3, -0.25) is 9.59 Å². The first kappa shape index (κ1) is 21.2. The predicted molar refractivity (Wildman–Crippen MR) is 101 cm³/mol. The topological polar surface area (TPSA) is 86.4 Å². The summed E-state index contributed by atoms with van der Waals surface area (Å²) in [5.74, 6) is -0.116. The fourth-order valence-corrected chi connectivity index (χ4v) is 2.60. The molecule has 0 fully saturated rings. The molecule has 1 amide bonds. The van der Waals surface area contributed by atoms with Crippen LogP contribution in [0.2, 0.25) is 0 Å². The van der Waals surface area contributed by atoms with E-state index in [1.54, 1.807) is 12.1 Å². The third kappa shape index (κ3) is 5.28. The largest absolute Gasteiger partial charge is 0.481 e. The van der Waals surface area contributed by atoms with Gasteiger partial charge < -0.3 is 14.5 Å². The van der Waals surface area contributed by atoms with Crippen LogP contribution in [0, 0.1) is 0 Å². The Labute approximate surface area is 169 Å². The number of alkyl halides is 3. The van der Waals surface area contributed by atoms with Gasteiger partial charge in [0.25, 0.3) is 11.5 Å². The first-order chi connectivity index (χ1) is 14.2. The van der Waals surface area contributed by atoms with Crippen molar-refractivity contribution >= 4 is 5.91 Å². The van der Waals surface area contributed by atoms with Crippen molar-refractivity contribution in [2.24, 2.45) is 0 Å². The van der Waals surface area contributed by atoms with Crippen LogP contribution in [0.5, 0.6) is 5.75 Å². The summed E-state index contributed by atoms with van der Waals surface area (Å²) >= 11 is 0. The lowest BCUT2D eigenvalue weighted by Gasteiger charge is -2.16. The van der Waals surface area contributed by atoms with Crippen LogP contribution < -0.4 is 15.6 Å². The maximum absolute atomic E-state index is 12.8. The number of nitrogens with one attached hydrogen (secondary N) is 1. The summed E-state index contributed by atoms with van der Waals surface area (Å²) < 4.78 is 50.0. The molecule has 10 heteroatoms. The summed E-state index contributed by atoms with van der Waals surface area (Å²) in [5.41, 5.74) is -0.755. The number of rotatable bonds is 7. The number of aromatic nitrogens is 2. The summed E-state index contributed by atoms with van der Waals surface area (Å²) in [7, 11) is 0. The van der Waals surface area contributed by atoms with Gasteiger partial charge in [0.2, 0.25) is 0 Å². The Bertz CT molecular complexity index is 1060. The Morgan fingerprint density at radius 2 is 2.03 bits per heavy atom. The van der Waals surface area contributed by atoms with Crippen molar-refractivity contribution in [1.29, 1.82) is 0 Å². The minimum absolute atomic E-state index is 0.0727. The summed E-state index contributed by atoms with van der Waals surface area (Å²) in [4.78, 5) is 24.1. The highest BCUT2D eigenvalue weighted by Gasteiger charge is 2.30. The van der Waals surface area contributed by atoms with Gasteiger partial charge in [-0.25, -0.2) is 4.68 Å². The second kappa shape index (κ2) is 8.85. The van der Waals surface area contributed by atoms with Crippen molar-refractivity contribution in [2.75, 3.05) is 6.54 Å². The molecule has 158 valence electrons. The van der Waals surface area contributed by atoms with Crippen LogP contribution >= 0.6 is 0 Å². The van der Waals surface area contributed by atoms with Gasteiger partial charge in [0.05, 0.1) is 18.4 Å². The van der Waals surface area contributed by atoms with Crippen molar-refractivity contribution in [1.82, 2.24) is 15.1 Å². The number of nitrogens with zero attached hydrogens (tertiary/aromatic N) is 2. The number of amides is 1. The average molecular weight is 421 g/mol. The Hall–Kier alpha value is -3.56. The lowest BCUT2D eigenvalue weighted by molar-refractivity contribution is -0.137. The van der Waals surface area contributed by atoms with Crippen molar-refractivity contribution < 1.29 is 27.1 Å². The zero-order chi connectivity index (χ0) is 21.7. The maximum atomic E-state index is 12.8. The third-order valence-electron chi connectivity index (χ3n) is 4.11. The summed E-state index contributed by atoms with van der Waals surface area (Å²) in [6.07, 6.45) is -4.05. The Morgan fingerprint density at radius 1 is 1.23 bits per heavy atom. The van der Waals surface area contributed by atoms with Gasteiger partial charge >= 0.3 is 6.18 Å². The van der Waals surface area contributed by atoms with Crippen LogP contribution in [0.3, 0.4) is 0 Å². The molecule has 0 saturated carbocycles. The number of hydrogen-bond acceptors (Lipinski definition) is 5. The van der Waals surface area contributed by atoms with E-state index in [0.29, 0.717) is 11.5 Å². The molecule has 0 aliphatic rings. The normalized spacial score (nSPS) is 12.4. The smallest absolute Gasteiger partial charge is 0.416 e. The van der Waals surface area contributed by atoms with Gasteiger partial charge in [-0.05, 0) is 43.3 Å². The standard InChI is InChI=1S/C20H18F3N3O4/c1-13(30-15-5-2-4-14(12-15)20(21,22)23)19(28)24-9-10-26-18(27)8-7-16(25-26)17-6-3-11-29-17/h2-8,11-13H,9-10H2,1H3,(H,24,28). The average Bonchev–Trinajstić information content (AvgIpc) is 3.23. The van der Waals surface area contributed by atoms with E-state index < -0.39 is 23.8 Å². The van der Waals surface area contributed by atoms with E-state index in [0.717, 1.165) is 12.1 Å². The molecule has 1 N–H and O–H groups in total. The van der Waals surface area contributed by atoms with Crippen molar-refractivity contribution in [3.8, 4) is 17.2 Å². The number of carbonyl (C=O) groups is 1. The van der Waals surface area contributed by atoms with Crippen LogP contribution in [0.4, 0.5) is 13.2 Å². The summed E-state index contributed by atoms with van der Waals surface area (Å²) in [6.45, 7) is 1.58. The minimum Gasteiger partial charge on any atom is -0.481 e. The SMILES string of the molecule is CC(Oc1cccc(C(F)(F)F)c1)C(=O)NCCn1nc(-c2ccco2)ccc1=O. The van der Waals surface area contributed by atoms with E-state index in [1.807, 2.05) is 0 Å². The van der Waals surface area contributed by atoms with Crippen LogP contribution in [0.1, 0.15) is 12.5 Å². The monoisotopic (exact) mass is 421 g/mol. The second-order valence-corrected chi connectivity index (χ2v) is 6.33. The number of hydrogen-bond donors (Lipinski definition) is 1. The quantitative estimate of drug-likeness (QED) is 0.634. The molecule has 1 unspecified atom stereocenters. The fraction of sp³-hybridized carbons (Fsp3) is 0.250. The zero-order valence-electron chi connectivity index (χ0n) is 15.8. The number of halogens is 3. The van der Waals surface area contributed by atoms with Gasteiger partial charge in [0.1, 0.15) is 11.4 Å². The fourth-order valence-electron chi connectivity index (χ4n) is 2.60. The molecule has 3 rings (SSSR count). The molecule has 0 aliphatic carbocycles. The van der Waals surface area contributed by atoms with E-state index in [4.69, 9.17) is 9.15 Å². The summed E-state index contributed by atoms with van der Waals surface area (Å²) in [6, 6.07) is 10.5. The van der Waals surface area contributed by atoms with E-state index in [-0.39, 0.29) is 24.4 Å². The molecule has 0 bridgehead atoms. The number of furan rings is 1. The molecule has 30 heavy (non-hydrogen) atoms. The molecule has 7 nitrogen and oxygen atoms in total. The van der Waals surface area contributed by atoms with Gasteiger partial charge in [-0.1, -0.05) is 6.07 Å². The second-order valence-electron chi connectivity index (χ2n) is 6.33. The van der Waals surface area contributed by atoms with Crippen LogP contribution in [0.15, 0.2) is 64.0 Å². The third-order valence-corrected chi connectivity index (χ3v) is 4.11. The number of carbonyl (C=O) groups excluding carboxylic acids is 1. The molecule has 0 aliphatic heterocycles. The first-order valence-electron chi connectivity index (χ1n) is 8.98. The molecular formula is C20H18F3N3O4. The number of benzene rings is 1. The highest BCUT2D eigenvalue weighted by atomic mass is 19.4. The molecule has 0 saturated heterocycles. The molecular weight excluding hydrogens is 403 g/mol. The predicted octanol–water partition coefficient (Wildman–Crippen LogP) is 3.11. The van der Waals surface area contributed by atoms with E-state index in [1.165, 1.54) is 42.1 Å². The van der Waals surface area contributed by atoms with Crippen LogP contribution in [-0.2, 0) is 17.5 Å². The Kier molecular flexibility index (Phi) is 6.24. The van der Waals surface area contributed by atoms with Crippen molar-refractivity contribution in [3.63, 3.8) is 0 Å². The van der Waals surface area contributed by atoms with E-state index >= 15 is 0 Å². The van der Waals surface area contributed by atoms with Crippen LogP contribution in [0.25, 0.3) is 11.5 Å². The maximum Gasteiger partial charge on any atom is 0.416 e.